The lowest BCUT2D eigenvalue weighted by molar-refractivity contribution is -0.0695. The van der Waals surface area contributed by atoms with Crippen molar-refractivity contribution in [3.63, 3.8) is 0 Å². The van der Waals surface area contributed by atoms with Crippen LogP contribution in [0.4, 0.5) is 0 Å². The van der Waals surface area contributed by atoms with Crippen LogP contribution in [0.3, 0.4) is 0 Å². The van der Waals surface area contributed by atoms with Crippen LogP contribution >= 0.6 is 0 Å². The maximum absolute atomic E-state index is 10.2. The van der Waals surface area contributed by atoms with Gasteiger partial charge in [-0.3, -0.25) is 0 Å². The lowest BCUT2D eigenvalue weighted by Gasteiger charge is -2.34. The first-order chi connectivity index (χ1) is 9.74. The van der Waals surface area contributed by atoms with Crippen LogP contribution in [0.5, 0.6) is 0 Å². The minimum absolute atomic E-state index is 0.376. The Morgan fingerprint density at radius 3 is 2.25 bits per heavy atom. The molecular weight excluding hydrogens is 250 g/mol. The van der Waals surface area contributed by atoms with Crippen LogP contribution in [0.15, 0.2) is 0 Å². The summed E-state index contributed by atoms with van der Waals surface area (Å²) in [6.45, 7) is 3.32. The molecule has 1 heterocycles. The van der Waals surface area contributed by atoms with E-state index < -0.39 is 11.7 Å². The second kappa shape index (κ2) is 8.02. The Hall–Kier alpha value is -0.560. The van der Waals surface area contributed by atoms with Gasteiger partial charge in [-0.15, -0.1) is 6.42 Å². The lowest BCUT2D eigenvalue weighted by Crippen LogP contribution is -2.40. The van der Waals surface area contributed by atoms with Gasteiger partial charge < -0.3 is 14.7 Å². The van der Waals surface area contributed by atoms with Gasteiger partial charge in [0, 0.05) is 6.54 Å². The zero-order valence-corrected chi connectivity index (χ0v) is 12.6. The summed E-state index contributed by atoms with van der Waals surface area (Å²) in [7, 11) is 0. The highest BCUT2D eigenvalue weighted by Crippen LogP contribution is 2.31. The first-order valence-electron chi connectivity index (χ1n) is 8.26. The molecular formula is C17H29NO2. The molecule has 3 heteroatoms. The van der Waals surface area contributed by atoms with E-state index in [0.717, 1.165) is 45.3 Å². The molecule has 0 bridgehead atoms. The third-order valence-corrected chi connectivity index (χ3v) is 4.64. The van der Waals surface area contributed by atoms with E-state index in [9.17, 15) is 5.11 Å². The molecule has 2 fully saturated rings. The summed E-state index contributed by atoms with van der Waals surface area (Å²) in [5, 5.41) is 10.2. The quantitative estimate of drug-likeness (QED) is 0.785. The van der Waals surface area contributed by atoms with Crippen LogP contribution in [0, 0.1) is 12.3 Å². The van der Waals surface area contributed by atoms with E-state index in [1.165, 1.54) is 32.1 Å². The van der Waals surface area contributed by atoms with Crippen molar-refractivity contribution in [3.05, 3.63) is 0 Å². The standard InChI is InChI=1S/C17H29NO2/c1-2-17(10-6-5-7-11-17)20-15-16(19)14-18-12-8-3-4-9-13-18/h1,16,19H,3-15H2/t16-/m1/s1. The molecule has 2 aliphatic rings. The molecule has 0 aromatic carbocycles. The molecule has 1 N–H and O–H groups in total. The maximum atomic E-state index is 10.2. The molecule has 1 atom stereocenters. The van der Waals surface area contributed by atoms with Gasteiger partial charge in [-0.25, -0.2) is 0 Å². The van der Waals surface area contributed by atoms with Crippen LogP contribution in [0.25, 0.3) is 0 Å². The third kappa shape index (κ3) is 4.77. The van der Waals surface area contributed by atoms with E-state index in [-0.39, 0.29) is 0 Å². The largest absolute Gasteiger partial charge is 0.389 e. The first-order valence-corrected chi connectivity index (χ1v) is 8.26. The minimum Gasteiger partial charge on any atom is -0.389 e. The molecule has 0 radical (unpaired) electrons. The summed E-state index contributed by atoms with van der Waals surface area (Å²) in [5.41, 5.74) is -0.405. The highest BCUT2D eigenvalue weighted by molar-refractivity contribution is 5.09. The monoisotopic (exact) mass is 279 g/mol. The maximum Gasteiger partial charge on any atom is 0.128 e. The fourth-order valence-electron chi connectivity index (χ4n) is 3.38. The predicted molar refractivity (Wildman–Crippen MR) is 81.5 cm³/mol. The Morgan fingerprint density at radius 2 is 1.65 bits per heavy atom. The van der Waals surface area contributed by atoms with Gasteiger partial charge in [0.25, 0.3) is 0 Å². The predicted octanol–water partition coefficient (Wildman–Crippen LogP) is 2.58. The second-order valence-electron chi connectivity index (χ2n) is 6.38. The molecule has 0 unspecified atom stereocenters. The molecule has 3 nitrogen and oxygen atoms in total. The van der Waals surface area contributed by atoms with Crippen molar-refractivity contribution in [1.82, 2.24) is 4.90 Å². The second-order valence-corrected chi connectivity index (χ2v) is 6.38. The zero-order chi connectivity index (χ0) is 14.3. The molecule has 114 valence electrons. The van der Waals surface area contributed by atoms with Crippen LogP contribution < -0.4 is 0 Å². The number of likely N-dealkylation sites (tertiary alicyclic amines) is 1. The number of aliphatic hydroxyl groups is 1. The summed E-state index contributed by atoms with van der Waals surface area (Å²) in [4.78, 5) is 2.37. The normalized spacial score (nSPS) is 25.6. The number of terminal acetylenes is 1. The number of β-amino-alcohol motifs (C(OH)–C–C–N with tert-alkyl or cyclic N) is 1. The molecule has 1 saturated carbocycles. The van der Waals surface area contributed by atoms with Gasteiger partial charge >= 0.3 is 0 Å². The van der Waals surface area contributed by atoms with Crippen molar-refractivity contribution < 1.29 is 9.84 Å². The average molecular weight is 279 g/mol. The molecule has 2 rings (SSSR count). The number of hydrogen-bond donors (Lipinski definition) is 1. The smallest absolute Gasteiger partial charge is 0.128 e. The number of rotatable bonds is 5. The van der Waals surface area contributed by atoms with Gasteiger partial charge in [0.05, 0.1) is 12.7 Å². The topological polar surface area (TPSA) is 32.7 Å². The highest BCUT2D eigenvalue weighted by Gasteiger charge is 2.31. The van der Waals surface area contributed by atoms with E-state index in [4.69, 9.17) is 11.2 Å². The van der Waals surface area contributed by atoms with Crippen LogP contribution in [0.1, 0.15) is 57.8 Å². The van der Waals surface area contributed by atoms with Crippen LogP contribution in [-0.2, 0) is 4.74 Å². The SMILES string of the molecule is C#CC1(OC[C@H](O)CN2CCCCCC2)CCCCC1. The van der Waals surface area contributed by atoms with E-state index in [2.05, 4.69) is 10.8 Å². The minimum atomic E-state index is -0.416. The average Bonchev–Trinajstić information content (AvgIpc) is 2.75. The lowest BCUT2D eigenvalue weighted by atomic mass is 9.85. The van der Waals surface area contributed by atoms with Crippen LogP contribution in [-0.4, -0.2) is 48.0 Å². The Labute approximate surface area is 123 Å². The van der Waals surface area contributed by atoms with Crippen molar-refractivity contribution in [1.29, 1.82) is 0 Å². The molecule has 0 aromatic rings. The molecule has 1 aliphatic carbocycles. The molecule has 0 spiro atoms. The summed E-state index contributed by atoms with van der Waals surface area (Å²) >= 11 is 0. The Kier molecular flexibility index (Phi) is 6.35. The summed E-state index contributed by atoms with van der Waals surface area (Å²) < 4.78 is 5.94. The van der Waals surface area contributed by atoms with E-state index >= 15 is 0 Å². The number of aliphatic hydroxyl groups excluding tert-OH is 1. The van der Waals surface area contributed by atoms with E-state index in [1.54, 1.807) is 0 Å². The van der Waals surface area contributed by atoms with Crippen molar-refractivity contribution in [2.45, 2.75) is 69.5 Å². The Bertz CT molecular complexity index is 309. The van der Waals surface area contributed by atoms with Gasteiger partial charge in [0.1, 0.15) is 5.60 Å². The first kappa shape index (κ1) is 15.8. The number of hydrogen-bond acceptors (Lipinski definition) is 3. The Morgan fingerprint density at radius 1 is 1.05 bits per heavy atom. The van der Waals surface area contributed by atoms with Crippen LogP contribution in [0.2, 0.25) is 0 Å². The summed E-state index contributed by atoms with van der Waals surface area (Å²) in [6, 6.07) is 0. The van der Waals surface area contributed by atoms with Gasteiger partial charge in [0.2, 0.25) is 0 Å². The molecule has 0 amide bonds. The summed E-state index contributed by atoms with van der Waals surface area (Å²) in [6.07, 6.45) is 15.8. The fraction of sp³-hybridized carbons (Fsp3) is 0.882. The number of ether oxygens (including phenoxy) is 1. The molecule has 1 aliphatic heterocycles. The van der Waals surface area contributed by atoms with Crippen molar-refractivity contribution >= 4 is 0 Å². The van der Waals surface area contributed by atoms with Crippen molar-refractivity contribution in [3.8, 4) is 12.3 Å². The third-order valence-electron chi connectivity index (χ3n) is 4.64. The summed E-state index contributed by atoms with van der Waals surface area (Å²) in [5.74, 6) is 2.84. The van der Waals surface area contributed by atoms with Gasteiger partial charge in [-0.2, -0.15) is 0 Å². The molecule has 20 heavy (non-hydrogen) atoms. The van der Waals surface area contributed by atoms with Crippen molar-refractivity contribution in [2.75, 3.05) is 26.2 Å². The molecule has 0 aromatic heterocycles. The highest BCUT2D eigenvalue weighted by atomic mass is 16.5. The van der Waals surface area contributed by atoms with Gasteiger partial charge in [-0.1, -0.05) is 25.2 Å². The molecule has 1 saturated heterocycles. The van der Waals surface area contributed by atoms with E-state index in [1.807, 2.05) is 0 Å². The Balaban J connectivity index is 1.73. The van der Waals surface area contributed by atoms with Crippen molar-refractivity contribution in [2.24, 2.45) is 0 Å². The van der Waals surface area contributed by atoms with E-state index in [0.29, 0.717) is 6.61 Å². The van der Waals surface area contributed by atoms with Gasteiger partial charge in [0.15, 0.2) is 0 Å². The zero-order valence-electron chi connectivity index (χ0n) is 12.6. The fourth-order valence-corrected chi connectivity index (χ4v) is 3.38. The number of nitrogens with zero attached hydrogens (tertiary/aromatic N) is 1. The van der Waals surface area contributed by atoms with Gasteiger partial charge in [-0.05, 0) is 51.6 Å².